The lowest BCUT2D eigenvalue weighted by Gasteiger charge is -2.33. The first-order valence-corrected chi connectivity index (χ1v) is 26.5. The molecule has 0 fully saturated rings. The number of sulfonamides is 2. The fourth-order valence-electron chi connectivity index (χ4n) is 8.11. The van der Waals surface area contributed by atoms with Crippen molar-refractivity contribution in [3.8, 4) is 11.1 Å². The van der Waals surface area contributed by atoms with E-state index in [-0.39, 0.29) is 47.8 Å². The third kappa shape index (κ3) is 14.9. The van der Waals surface area contributed by atoms with E-state index in [0.29, 0.717) is 85.4 Å². The van der Waals surface area contributed by atoms with Gasteiger partial charge in [-0.2, -0.15) is 0 Å². The number of fused-ring (bicyclic) bond motifs is 2. The molecule has 2 heterocycles. The van der Waals surface area contributed by atoms with E-state index in [9.17, 15) is 21.6 Å². The second-order valence-corrected chi connectivity index (χ2v) is 21.6. The first kappa shape index (κ1) is 52.7. The van der Waals surface area contributed by atoms with Crippen LogP contribution in [-0.4, -0.2) is 126 Å². The van der Waals surface area contributed by atoms with Gasteiger partial charge in [-0.05, 0) is 109 Å². The van der Waals surface area contributed by atoms with Crippen LogP contribution in [0.2, 0.25) is 20.1 Å². The van der Waals surface area contributed by atoms with Gasteiger partial charge in [-0.25, -0.2) is 26.3 Å². The summed E-state index contributed by atoms with van der Waals surface area (Å²) >= 11 is 25.9. The van der Waals surface area contributed by atoms with Crippen LogP contribution in [0.1, 0.15) is 59.4 Å². The molecule has 4 aromatic carbocycles. The third-order valence-electron chi connectivity index (χ3n) is 11.5. The standard InChI is InChI=1S/C47H58Cl4N4O9S2/c1-54-18-15-39-42(31-54)45(50)29-46(51)47(39)34-9-13-38(14-10-34)66(59,60)53-17-22-64-26-24-62-20-4-6-36(56)5-3-19-61-23-25-63-21-16-52-65(57,58)37-11-7-33(8-12-37)41-30-55(2)32-43-40(41)27-35(48)28-44(43)49/h7-14,27-29,41,52-53H,3-6,15-26,30-32H2,1-2H3. The molecule has 4 aromatic rings. The fraction of sp³-hybridized carbons (Fsp3) is 0.468. The number of ether oxygens (including phenoxy) is 4. The summed E-state index contributed by atoms with van der Waals surface area (Å²) in [4.78, 5) is 17.0. The molecule has 66 heavy (non-hydrogen) atoms. The Hall–Kier alpha value is -2.71. The zero-order valence-corrected chi connectivity index (χ0v) is 41.9. The Balaban J connectivity index is 0.745. The number of hydrogen-bond donors (Lipinski definition) is 2. The number of Topliss-reactive ketones (excluding diaryl/α,β-unsaturated/α-hetero) is 1. The molecule has 0 aromatic heterocycles. The van der Waals surface area contributed by atoms with Crippen LogP contribution in [-0.2, 0) is 63.3 Å². The van der Waals surface area contributed by atoms with Crippen LogP contribution in [0.25, 0.3) is 11.1 Å². The van der Waals surface area contributed by atoms with E-state index in [0.717, 1.165) is 71.5 Å². The van der Waals surface area contributed by atoms with Crippen molar-refractivity contribution in [1.82, 2.24) is 19.2 Å². The molecule has 1 atom stereocenters. The minimum Gasteiger partial charge on any atom is -0.379 e. The highest BCUT2D eigenvalue weighted by Crippen LogP contribution is 2.41. The number of nitrogens with zero attached hydrogens (tertiary/aromatic N) is 2. The average molecular weight is 1030 g/mol. The van der Waals surface area contributed by atoms with Gasteiger partial charge in [-0.15, -0.1) is 0 Å². The fourth-order valence-corrected chi connectivity index (χ4v) is 11.4. The Bertz CT molecular complexity index is 2480. The van der Waals surface area contributed by atoms with Crippen molar-refractivity contribution in [2.24, 2.45) is 0 Å². The second-order valence-electron chi connectivity index (χ2n) is 16.4. The highest BCUT2D eigenvalue weighted by molar-refractivity contribution is 7.89. The van der Waals surface area contributed by atoms with Crippen molar-refractivity contribution >= 4 is 72.2 Å². The normalized spacial score (nSPS) is 15.8. The maximum atomic E-state index is 12.9. The Morgan fingerprint density at radius 1 is 0.621 bits per heavy atom. The maximum absolute atomic E-state index is 12.9. The molecule has 2 N–H and O–H groups in total. The number of likely N-dealkylation sites (N-methyl/N-ethyl adjacent to an activating group) is 2. The molecule has 1 unspecified atom stereocenters. The number of halogens is 4. The van der Waals surface area contributed by atoms with Gasteiger partial charge in [-0.1, -0.05) is 70.7 Å². The quantitative estimate of drug-likeness (QED) is 0.0589. The minimum absolute atomic E-state index is 0.00929. The van der Waals surface area contributed by atoms with Crippen LogP contribution in [0.4, 0.5) is 0 Å². The van der Waals surface area contributed by atoms with Gasteiger partial charge < -0.3 is 28.7 Å². The first-order chi connectivity index (χ1) is 31.6. The minimum atomic E-state index is -3.74. The summed E-state index contributed by atoms with van der Waals surface area (Å²) in [5.41, 5.74) is 6.94. The van der Waals surface area contributed by atoms with Gasteiger partial charge in [0.05, 0.1) is 54.5 Å². The number of carbonyl (C=O) groups is 1. The molecule has 13 nitrogen and oxygen atoms in total. The van der Waals surface area contributed by atoms with Crippen molar-refractivity contribution in [3.05, 3.63) is 115 Å². The third-order valence-corrected chi connectivity index (χ3v) is 15.6. The number of nitrogens with one attached hydrogen (secondary N) is 2. The van der Waals surface area contributed by atoms with Gasteiger partial charge in [0.1, 0.15) is 5.78 Å². The summed E-state index contributed by atoms with van der Waals surface area (Å²) in [5, 5.41) is 2.38. The van der Waals surface area contributed by atoms with E-state index in [1.54, 1.807) is 48.5 Å². The molecule has 6 rings (SSSR count). The van der Waals surface area contributed by atoms with Crippen molar-refractivity contribution in [3.63, 3.8) is 0 Å². The first-order valence-electron chi connectivity index (χ1n) is 22.0. The van der Waals surface area contributed by atoms with E-state index in [1.165, 1.54) is 0 Å². The van der Waals surface area contributed by atoms with E-state index >= 15 is 0 Å². The number of hydrogen-bond acceptors (Lipinski definition) is 11. The molecule has 0 radical (unpaired) electrons. The van der Waals surface area contributed by atoms with Crippen molar-refractivity contribution < 1.29 is 40.6 Å². The number of benzene rings is 4. The van der Waals surface area contributed by atoms with Gasteiger partial charge in [-0.3, -0.25) is 4.79 Å². The van der Waals surface area contributed by atoms with E-state index < -0.39 is 20.0 Å². The summed E-state index contributed by atoms with van der Waals surface area (Å²) in [7, 11) is -3.40. The van der Waals surface area contributed by atoms with Crippen LogP contribution in [0.15, 0.2) is 76.5 Å². The molecule has 0 amide bonds. The molecular formula is C47H58Cl4N4O9S2. The van der Waals surface area contributed by atoms with E-state index in [4.69, 9.17) is 65.4 Å². The van der Waals surface area contributed by atoms with Gasteiger partial charge in [0, 0.05) is 91.9 Å². The Morgan fingerprint density at radius 3 is 1.71 bits per heavy atom. The lowest BCUT2D eigenvalue weighted by Crippen LogP contribution is -2.31. The molecular weight excluding hydrogens is 970 g/mol. The number of carbonyl (C=O) groups excluding carboxylic acids is 1. The molecule has 0 saturated carbocycles. The van der Waals surface area contributed by atoms with Gasteiger partial charge in [0.25, 0.3) is 0 Å². The van der Waals surface area contributed by atoms with Crippen LogP contribution in [0.3, 0.4) is 0 Å². The Labute approximate surface area is 409 Å². The predicted octanol–water partition coefficient (Wildman–Crippen LogP) is 7.99. The zero-order chi connectivity index (χ0) is 47.3. The van der Waals surface area contributed by atoms with Crippen LogP contribution in [0.5, 0.6) is 0 Å². The predicted molar refractivity (Wildman–Crippen MR) is 260 cm³/mol. The smallest absolute Gasteiger partial charge is 0.240 e. The summed E-state index contributed by atoms with van der Waals surface area (Å²) in [5.74, 6) is 0.135. The molecule has 0 spiro atoms. The monoisotopic (exact) mass is 1030 g/mol. The topological polar surface area (TPSA) is 153 Å². The summed E-state index contributed by atoms with van der Waals surface area (Å²) in [6, 6.07) is 19.0. The molecule has 0 saturated heterocycles. The van der Waals surface area contributed by atoms with Gasteiger partial charge in [0.15, 0.2) is 0 Å². The number of ketones is 1. The molecule has 360 valence electrons. The van der Waals surface area contributed by atoms with Crippen LogP contribution in [0, 0.1) is 0 Å². The molecule has 0 aliphatic carbocycles. The Morgan fingerprint density at radius 2 is 1.14 bits per heavy atom. The maximum Gasteiger partial charge on any atom is 0.240 e. The molecule has 0 bridgehead atoms. The van der Waals surface area contributed by atoms with Gasteiger partial charge >= 0.3 is 0 Å². The molecule has 19 heteroatoms. The SMILES string of the molecule is CN1CCc2c(c(Cl)cc(Cl)c2-c2ccc(S(=O)(=O)NCCOCCOCCCC(=O)CCCOCCOCCNS(=O)(=O)c3ccc(C4CN(C)Cc5c(Cl)cc(Cl)cc54)cc3)cc2)C1. The van der Waals surface area contributed by atoms with Crippen LogP contribution < -0.4 is 9.44 Å². The van der Waals surface area contributed by atoms with Crippen molar-refractivity contribution in [2.45, 2.75) is 60.9 Å². The highest BCUT2D eigenvalue weighted by atomic mass is 35.5. The lowest BCUT2D eigenvalue weighted by atomic mass is 9.85. The summed E-state index contributed by atoms with van der Waals surface area (Å²) in [6.45, 7) is 5.72. The Kier molecular flexibility index (Phi) is 20.1. The van der Waals surface area contributed by atoms with E-state index in [1.807, 2.05) is 32.3 Å². The second kappa shape index (κ2) is 25.2. The van der Waals surface area contributed by atoms with Gasteiger partial charge in [0.2, 0.25) is 20.0 Å². The largest absolute Gasteiger partial charge is 0.379 e. The van der Waals surface area contributed by atoms with Crippen molar-refractivity contribution in [1.29, 1.82) is 0 Å². The lowest BCUT2D eigenvalue weighted by molar-refractivity contribution is -0.119. The molecule has 2 aliphatic rings. The van der Waals surface area contributed by atoms with E-state index in [2.05, 4.69) is 19.2 Å². The average Bonchev–Trinajstić information content (AvgIpc) is 3.28. The zero-order valence-electron chi connectivity index (χ0n) is 37.3. The highest BCUT2D eigenvalue weighted by Gasteiger charge is 2.28. The number of rotatable bonds is 26. The van der Waals surface area contributed by atoms with Crippen LogP contribution >= 0.6 is 46.4 Å². The summed E-state index contributed by atoms with van der Waals surface area (Å²) in [6.07, 6.45) is 2.78. The summed E-state index contributed by atoms with van der Waals surface area (Å²) < 4.78 is 79.0. The van der Waals surface area contributed by atoms with Crippen molar-refractivity contribution in [2.75, 3.05) is 93.1 Å². The molecule has 2 aliphatic heterocycles.